The summed E-state index contributed by atoms with van der Waals surface area (Å²) in [6, 6.07) is 13.8. The number of rotatable bonds is 8. The van der Waals surface area contributed by atoms with Crippen LogP contribution in [0.15, 0.2) is 79.2 Å². The summed E-state index contributed by atoms with van der Waals surface area (Å²) < 4.78 is 13.8. The maximum Gasteiger partial charge on any atom is 0.338 e. The number of fused-ring (bicyclic) bond motifs is 1. The number of hydrogen-bond acceptors (Lipinski definition) is 8. The molecule has 1 aromatic heterocycles. The average Bonchev–Trinajstić information content (AvgIpc) is 3.43. The van der Waals surface area contributed by atoms with Crippen LogP contribution in [0.25, 0.3) is 6.08 Å². The smallest absolute Gasteiger partial charge is 0.338 e. The largest absolute Gasteiger partial charge is 0.496 e. The predicted octanol–water partition coefficient (Wildman–Crippen LogP) is 4.34. The third-order valence-corrected chi connectivity index (χ3v) is 8.37. The third kappa shape index (κ3) is 5.31. The van der Waals surface area contributed by atoms with Crippen LogP contribution >= 0.6 is 27.3 Å². The van der Waals surface area contributed by atoms with E-state index in [4.69, 9.17) is 14.5 Å². The molecule has 212 valence electrons. The Balaban J connectivity index is 1.71. The van der Waals surface area contributed by atoms with Crippen molar-refractivity contribution in [1.29, 1.82) is 0 Å². The summed E-state index contributed by atoms with van der Waals surface area (Å²) >= 11 is 4.71. The standard InChI is InChI=1S/C30H29BrN4O5S/c1-5-10-22-25(29(38)40-6-2)26(21-15-18(31)13-14-23(21)39-4)34-28(37)24(41-30(34)32-22)16-20-17(3)33-35(27(20)36)19-11-8-7-9-12-19/h7-9,11-16,20,26H,5-6,10H2,1-4H3/b24-16-/t20-,26+/m0/s1. The maximum atomic E-state index is 14.1. The van der Waals surface area contributed by atoms with E-state index in [1.54, 1.807) is 33.1 Å². The zero-order valence-electron chi connectivity index (χ0n) is 23.1. The summed E-state index contributed by atoms with van der Waals surface area (Å²) in [5.41, 5.74) is 2.35. The van der Waals surface area contributed by atoms with Crippen LogP contribution in [0.1, 0.15) is 45.2 Å². The van der Waals surface area contributed by atoms with E-state index in [1.807, 2.05) is 49.4 Å². The Bertz CT molecular complexity index is 1760. The lowest BCUT2D eigenvalue weighted by molar-refractivity contribution is -0.139. The van der Waals surface area contributed by atoms with Crippen molar-refractivity contribution in [2.75, 3.05) is 18.7 Å². The van der Waals surface area contributed by atoms with Gasteiger partial charge in [-0.25, -0.2) is 9.79 Å². The van der Waals surface area contributed by atoms with Crippen molar-refractivity contribution in [2.24, 2.45) is 16.0 Å². The van der Waals surface area contributed by atoms with Gasteiger partial charge in [-0.05, 0) is 56.7 Å². The summed E-state index contributed by atoms with van der Waals surface area (Å²) in [4.78, 5) is 46.2. The van der Waals surface area contributed by atoms with Gasteiger partial charge in [-0.3, -0.25) is 14.2 Å². The zero-order chi connectivity index (χ0) is 29.3. The Kier molecular flexibility index (Phi) is 8.37. The van der Waals surface area contributed by atoms with E-state index in [1.165, 1.54) is 20.9 Å². The number of anilines is 1. The fourth-order valence-electron chi connectivity index (χ4n) is 5.03. The van der Waals surface area contributed by atoms with Crippen LogP contribution in [0, 0.1) is 5.92 Å². The Morgan fingerprint density at radius 2 is 1.90 bits per heavy atom. The van der Waals surface area contributed by atoms with E-state index in [0.29, 0.717) is 49.7 Å². The normalized spacial score (nSPS) is 18.8. The minimum absolute atomic E-state index is 0.175. The number of allylic oxidation sites excluding steroid dienone is 1. The highest BCUT2D eigenvalue weighted by molar-refractivity contribution is 9.10. The number of carbonyl (C=O) groups is 2. The van der Waals surface area contributed by atoms with Gasteiger partial charge >= 0.3 is 5.97 Å². The molecule has 2 aromatic carbocycles. The first-order chi connectivity index (χ1) is 19.8. The van der Waals surface area contributed by atoms with Crippen LogP contribution in [-0.2, 0) is 14.3 Å². The van der Waals surface area contributed by atoms with Crippen molar-refractivity contribution in [3.8, 4) is 5.75 Å². The van der Waals surface area contributed by atoms with Crippen molar-refractivity contribution in [1.82, 2.24) is 4.57 Å². The van der Waals surface area contributed by atoms with Crippen molar-refractivity contribution in [2.45, 2.75) is 39.7 Å². The number of hydrazone groups is 1. The molecule has 0 saturated heterocycles. The Labute approximate surface area is 249 Å². The highest BCUT2D eigenvalue weighted by atomic mass is 79.9. The van der Waals surface area contributed by atoms with E-state index in [-0.39, 0.29) is 18.1 Å². The van der Waals surface area contributed by atoms with Crippen molar-refractivity contribution >= 4 is 56.6 Å². The molecule has 3 aromatic rings. The van der Waals surface area contributed by atoms with E-state index in [0.717, 1.165) is 10.9 Å². The van der Waals surface area contributed by atoms with Gasteiger partial charge in [-0.1, -0.05) is 58.8 Å². The number of benzene rings is 2. The van der Waals surface area contributed by atoms with Crippen LogP contribution in [0.3, 0.4) is 0 Å². The molecule has 0 spiro atoms. The lowest BCUT2D eigenvalue weighted by Crippen LogP contribution is -2.40. The number of carbonyl (C=O) groups excluding carboxylic acids is 2. The Morgan fingerprint density at radius 3 is 2.59 bits per heavy atom. The van der Waals surface area contributed by atoms with Crippen molar-refractivity contribution < 1.29 is 19.1 Å². The summed E-state index contributed by atoms with van der Waals surface area (Å²) in [7, 11) is 1.55. The highest BCUT2D eigenvalue weighted by Gasteiger charge is 2.37. The first kappa shape index (κ1) is 28.7. The van der Waals surface area contributed by atoms with Crippen LogP contribution in [-0.4, -0.2) is 35.9 Å². The fraction of sp³-hybridized carbons (Fsp3) is 0.300. The quantitative estimate of drug-likeness (QED) is 0.342. The average molecular weight is 638 g/mol. The van der Waals surface area contributed by atoms with E-state index in [9.17, 15) is 14.4 Å². The molecule has 41 heavy (non-hydrogen) atoms. The molecular weight excluding hydrogens is 608 g/mol. The molecule has 0 unspecified atom stereocenters. The number of ether oxygens (including phenoxy) is 2. The number of methoxy groups -OCH3 is 1. The van der Waals surface area contributed by atoms with Gasteiger partial charge in [-0.15, -0.1) is 0 Å². The molecular formula is C30H29BrN4O5S. The van der Waals surface area contributed by atoms with Gasteiger partial charge in [0.1, 0.15) is 17.7 Å². The minimum Gasteiger partial charge on any atom is -0.496 e. The summed E-state index contributed by atoms with van der Waals surface area (Å²) in [5.74, 6) is -0.980. The highest BCUT2D eigenvalue weighted by Crippen LogP contribution is 2.38. The lowest BCUT2D eigenvalue weighted by Gasteiger charge is -2.27. The second kappa shape index (κ2) is 12.0. The number of thiazole rings is 1. The first-order valence-corrected chi connectivity index (χ1v) is 14.9. The Hall–Kier alpha value is -3.83. The summed E-state index contributed by atoms with van der Waals surface area (Å²) in [5, 5.41) is 5.83. The number of amides is 1. The molecule has 5 rings (SSSR count). The first-order valence-electron chi connectivity index (χ1n) is 13.3. The monoisotopic (exact) mass is 636 g/mol. The third-order valence-electron chi connectivity index (χ3n) is 6.88. The molecule has 11 heteroatoms. The van der Waals surface area contributed by atoms with Gasteiger partial charge in [0.2, 0.25) is 0 Å². The van der Waals surface area contributed by atoms with Gasteiger partial charge in [0.25, 0.3) is 11.5 Å². The van der Waals surface area contributed by atoms with E-state index < -0.39 is 17.9 Å². The van der Waals surface area contributed by atoms with Gasteiger partial charge in [0.05, 0.1) is 40.9 Å². The molecule has 0 N–H and O–H groups in total. The van der Waals surface area contributed by atoms with Gasteiger partial charge in [-0.2, -0.15) is 10.1 Å². The SMILES string of the molecule is CCCC1=C(C(=O)OCC)[C@@H](c2cc(Br)ccc2OC)n2c(s/c(=C\[C@@H]3C(=O)N(c4ccccc4)N=C3C)c2=O)=N1. The summed E-state index contributed by atoms with van der Waals surface area (Å²) in [6.07, 6.45) is 2.90. The molecule has 2 atom stereocenters. The predicted molar refractivity (Wildman–Crippen MR) is 162 cm³/mol. The molecule has 0 fully saturated rings. The van der Waals surface area contributed by atoms with E-state index in [2.05, 4.69) is 21.0 Å². The number of aromatic nitrogens is 1. The number of esters is 1. The molecule has 1 amide bonds. The van der Waals surface area contributed by atoms with Crippen molar-refractivity contribution in [3.63, 3.8) is 0 Å². The summed E-state index contributed by atoms with van der Waals surface area (Å²) in [6.45, 7) is 5.69. The Morgan fingerprint density at radius 1 is 1.15 bits per heavy atom. The molecule has 2 aliphatic rings. The van der Waals surface area contributed by atoms with E-state index >= 15 is 0 Å². The second-order valence-electron chi connectivity index (χ2n) is 9.53. The van der Waals surface area contributed by atoms with Crippen LogP contribution in [0.5, 0.6) is 5.75 Å². The molecule has 3 heterocycles. The molecule has 0 saturated carbocycles. The lowest BCUT2D eigenvalue weighted by atomic mass is 9.93. The molecule has 0 bridgehead atoms. The number of halogens is 1. The van der Waals surface area contributed by atoms with Gasteiger partial charge in [0, 0.05) is 10.0 Å². The van der Waals surface area contributed by atoms with Gasteiger partial charge < -0.3 is 9.47 Å². The maximum absolute atomic E-state index is 14.1. The zero-order valence-corrected chi connectivity index (χ0v) is 25.5. The number of hydrogen-bond donors (Lipinski definition) is 0. The number of nitrogens with zero attached hydrogens (tertiary/aromatic N) is 4. The van der Waals surface area contributed by atoms with Crippen LogP contribution in [0.4, 0.5) is 5.69 Å². The topological polar surface area (TPSA) is 103 Å². The molecule has 2 aliphatic heterocycles. The number of para-hydroxylation sites is 1. The van der Waals surface area contributed by atoms with Crippen LogP contribution < -0.4 is 24.6 Å². The van der Waals surface area contributed by atoms with Crippen LogP contribution in [0.2, 0.25) is 0 Å². The van der Waals surface area contributed by atoms with Gasteiger partial charge in [0.15, 0.2) is 4.80 Å². The molecule has 9 nitrogen and oxygen atoms in total. The fourth-order valence-corrected chi connectivity index (χ4v) is 6.43. The second-order valence-corrected chi connectivity index (χ2v) is 11.5. The minimum atomic E-state index is -0.837. The molecule has 0 aliphatic carbocycles. The van der Waals surface area contributed by atoms with Crippen molar-refractivity contribution in [3.05, 3.63) is 89.5 Å². The molecule has 0 radical (unpaired) electrons.